The molecule has 0 spiro atoms. The van der Waals surface area contributed by atoms with Crippen molar-refractivity contribution in [2.24, 2.45) is 0 Å². The molecule has 0 atom stereocenters. The Balaban J connectivity index is 2.46. The lowest BCUT2D eigenvalue weighted by Gasteiger charge is -2.25. The average Bonchev–Trinajstić information content (AvgIpc) is 2.38. The van der Waals surface area contributed by atoms with E-state index in [2.05, 4.69) is 15.9 Å². The second-order valence-electron chi connectivity index (χ2n) is 4.12. The van der Waals surface area contributed by atoms with Crippen LogP contribution in [0.5, 0.6) is 0 Å². The largest absolute Gasteiger partial charge is 0.289 e. The SMILES string of the molecule is O=[N+]([O-])c1ccc(Br)cc1S(=O)(=O)N1CCS(=O)CC1. The molecule has 1 aromatic carbocycles. The summed E-state index contributed by atoms with van der Waals surface area (Å²) in [7, 11) is -4.98. The lowest BCUT2D eigenvalue weighted by molar-refractivity contribution is -0.387. The van der Waals surface area contributed by atoms with Gasteiger partial charge < -0.3 is 0 Å². The first-order chi connectivity index (χ1) is 9.32. The molecule has 0 unspecified atom stereocenters. The number of halogens is 1. The Morgan fingerprint density at radius 1 is 1.30 bits per heavy atom. The Hall–Kier alpha value is -0.840. The summed E-state index contributed by atoms with van der Waals surface area (Å²) >= 11 is 3.12. The highest BCUT2D eigenvalue weighted by Crippen LogP contribution is 2.30. The van der Waals surface area contributed by atoms with E-state index in [0.29, 0.717) is 4.47 Å². The van der Waals surface area contributed by atoms with Crippen LogP contribution in [0.3, 0.4) is 0 Å². The zero-order valence-electron chi connectivity index (χ0n) is 10.2. The van der Waals surface area contributed by atoms with Crippen LogP contribution in [-0.2, 0) is 20.8 Å². The third-order valence-electron chi connectivity index (χ3n) is 2.87. The molecule has 1 saturated heterocycles. The highest BCUT2D eigenvalue weighted by atomic mass is 79.9. The Labute approximate surface area is 126 Å². The first kappa shape index (κ1) is 15.5. The van der Waals surface area contributed by atoms with Crippen molar-refractivity contribution >= 4 is 42.4 Å². The van der Waals surface area contributed by atoms with Crippen molar-refractivity contribution in [2.75, 3.05) is 24.6 Å². The predicted molar refractivity (Wildman–Crippen MR) is 77.4 cm³/mol. The lowest BCUT2D eigenvalue weighted by Crippen LogP contribution is -2.41. The second kappa shape index (κ2) is 5.88. The van der Waals surface area contributed by atoms with E-state index in [9.17, 15) is 22.7 Å². The maximum absolute atomic E-state index is 12.5. The van der Waals surface area contributed by atoms with Gasteiger partial charge in [0.15, 0.2) is 4.90 Å². The molecule has 2 rings (SSSR count). The van der Waals surface area contributed by atoms with Gasteiger partial charge in [0.1, 0.15) is 0 Å². The molecule has 0 amide bonds. The first-order valence-corrected chi connectivity index (χ1v) is 9.33. The van der Waals surface area contributed by atoms with Crippen LogP contribution in [0.15, 0.2) is 27.6 Å². The van der Waals surface area contributed by atoms with Gasteiger partial charge in [0, 0.05) is 45.9 Å². The zero-order chi connectivity index (χ0) is 14.9. The van der Waals surface area contributed by atoms with E-state index >= 15 is 0 Å². The summed E-state index contributed by atoms with van der Waals surface area (Å²) in [6.07, 6.45) is 0. The van der Waals surface area contributed by atoms with Gasteiger partial charge in [-0.1, -0.05) is 15.9 Å². The molecular formula is C10H11BrN2O5S2. The highest BCUT2D eigenvalue weighted by molar-refractivity contribution is 9.10. The average molecular weight is 383 g/mol. The van der Waals surface area contributed by atoms with Gasteiger partial charge in [-0.3, -0.25) is 14.3 Å². The molecule has 1 aromatic rings. The van der Waals surface area contributed by atoms with Gasteiger partial charge in [0.25, 0.3) is 5.69 Å². The molecule has 1 heterocycles. The van der Waals surface area contributed by atoms with Gasteiger partial charge >= 0.3 is 0 Å². The fourth-order valence-corrected chi connectivity index (χ4v) is 5.27. The lowest BCUT2D eigenvalue weighted by atomic mass is 10.3. The minimum Gasteiger partial charge on any atom is -0.259 e. The van der Waals surface area contributed by atoms with Crippen LogP contribution >= 0.6 is 15.9 Å². The topological polar surface area (TPSA) is 97.6 Å². The fourth-order valence-electron chi connectivity index (χ4n) is 1.85. The van der Waals surface area contributed by atoms with Gasteiger partial charge in [-0.25, -0.2) is 8.42 Å². The number of benzene rings is 1. The molecule has 0 aromatic heterocycles. The number of nitro groups is 1. The van der Waals surface area contributed by atoms with E-state index in [4.69, 9.17) is 0 Å². The van der Waals surface area contributed by atoms with Crippen molar-refractivity contribution < 1.29 is 17.6 Å². The quantitative estimate of drug-likeness (QED) is 0.575. The number of nitrogens with zero attached hydrogens (tertiary/aromatic N) is 2. The van der Waals surface area contributed by atoms with Crippen molar-refractivity contribution in [3.8, 4) is 0 Å². The Bertz CT molecular complexity index is 666. The predicted octanol–water partition coefficient (Wildman–Crippen LogP) is 1.11. The molecule has 0 radical (unpaired) electrons. The molecule has 20 heavy (non-hydrogen) atoms. The normalized spacial score (nSPS) is 18.1. The van der Waals surface area contributed by atoms with Crippen molar-refractivity contribution in [3.05, 3.63) is 32.8 Å². The number of nitro benzene ring substituents is 1. The highest BCUT2D eigenvalue weighted by Gasteiger charge is 2.33. The van der Waals surface area contributed by atoms with Crippen LogP contribution in [-0.4, -0.2) is 46.5 Å². The van der Waals surface area contributed by atoms with Crippen molar-refractivity contribution in [3.63, 3.8) is 0 Å². The summed E-state index contributed by atoms with van der Waals surface area (Å²) in [5, 5.41) is 11.0. The molecule has 110 valence electrons. The molecule has 1 aliphatic rings. The smallest absolute Gasteiger partial charge is 0.259 e. The number of rotatable bonds is 3. The summed E-state index contributed by atoms with van der Waals surface area (Å²) in [6, 6.07) is 3.79. The molecule has 10 heteroatoms. The van der Waals surface area contributed by atoms with Crippen molar-refractivity contribution in [1.29, 1.82) is 0 Å². The van der Waals surface area contributed by atoms with Crippen LogP contribution < -0.4 is 0 Å². The maximum atomic E-state index is 12.5. The standard InChI is InChI=1S/C10H11BrN2O5S2/c11-8-1-2-9(13(14)15)10(7-8)20(17,18)12-3-5-19(16)6-4-12/h1-2,7H,3-6H2. The van der Waals surface area contributed by atoms with Crippen LogP contribution in [0.1, 0.15) is 0 Å². The van der Waals surface area contributed by atoms with Crippen molar-refractivity contribution in [2.45, 2.75) is 4.90 Å². The van der Waals surface area contributed by atoms with E-state index < -0.39 is 31.4 Å². The van der Waals surface area contributed by atoms with Crippen LogP contribution in [0.4, 0.5) is 5.69 Å². The summed E-state index contributed by atoms with van der Waals surface area (Å²) in [5.41, 5.74) is -0.458. The summed E-state index contributed by atoms with van der Waals surface area (Å²) in [4.78, 5) is 9.91. The van der Waals surface area contributed by atoms with Crippen LogP contribution in [0, 0.1) is 10.1 Å². The molecule has 1 fully saturated rings. The molecule has 0 aliphatic carbocycles. The van der Waals surface area contributed by atoms with E-state index in [1.807, 2.05) is 0 Å². The third-order valence-corrected chi connectivity index (χ3v) is 6.57. The minimum atomic E-state index is -3.96. The molecule has 0 N–H and O–H groups in total. The Morgan fingerprint density at radius 2 is 1.90 bits per heavy atom. The van der Waals surface area contributed by atoms with Crippen LogP contribution in [0.2, 0.25) is 0 Å². The summed E-state index contributed by atoms with van der Waals surface area (Å²) < 4.78 is 37.8. The first-order valence-electron chi connectivity index (χ1n) is 5.61. The minimum absolute atomic E-state index is 0.110. The van der Waals surface area contributed by atoms with Gasteiger partial charge in [0.05, 0.1) is 4.92 Å². The van der Waals surface area contributed by atoms with Gasteiger partial charge in [-0.05, 0) is 12.1 Å². The molecule has 0 bridgehead atoms. The van der Waals surface area contributed by atoms with Crippen LogP contribution in [0.25, 0.3) is 0 Å². The molecule has 0 saturated carbocycles. The molecule has 7 nitrogen and oxygen atoms in total. The van der Waals surface area contributed by atoms with E-state index in [1.54, 1.807) is 0 Å². The second-order valence-corrected chi connectivity index (χ2v) is 8.64. The number of hydrogen-bond acceptors (Lipinski definition) is 5. The Kier molecular flexibility index (Phi) is 4.57. The zero-order valence-corrected chi connectivity index (χ0v) is 13.4. The van der Waals surface area contributed by atoms with Gasteiger partial charge in [0.2, 0.25) is 10.0 Å². The van der Waals surface area contributed by atoms with Crippen molar-refractivity contribution in [1.82, 2.24) is 4.31 Å². The summed E-state index contributed by atoms with van der Waals surface area (Å²) in [5.74, 6) is 0.502. The third kappa shape index (κ3) is 3.08. The summed E-state index contributed by atoms with van der Waals surface area (Å²) in [6.45, 7) is 0.219. The maximum Gasteiger partial charge on any atom is 0.289 e. The van der Waals surface area contributed by atoms with E-state index in [0.717, 1.165) is 10.4 Å². The molecule has 1 aliphatic heterocycles. The Morgan fingerprint density at radius 3 is 2.45 bits per heavy atom. The monoisotopic (exact) mass is 382 g/mol. The fraction of sp³-hybridized carbons (Fsp3) is 0.400. The number of hydrogen-bond donors (Lipinski definition) is 0. The van der Waals surface area contributed by atoms with E-state index in [-0.39, 0.29) is 29.5 Å². The van der Waals surface area contributed by atoms with E-state index in [1.165, 1.54) is 12.1 Å². The molecular weight excluding hydrogens is 372 g/mol. The number of sulfonamides is 1. The van der Waals surface area contributed by atoms with Gasteiger partial charge in [-0.2, -0.15) is 4.31 Å². The van der Waals surface area contributed by atoms with Gasteiger partial charge in [-0.15, -0.1) is 0 Å².